The van der Waals surface area contributed by atoms with E-state index in [9.17, 15) is 9.18 Å². The van der Waals surface area contributed by atoms with Gasteiger partial charge in [0.15, 0.2) is 0 Å². The van der Waals surface area contributed by atoms with Crippen LogP contribution in [0.4, 0.5) is 10.1 Å². The highest BCUT2D eigenvalue weighted by molar-refractivity contribution is 7.99. The van der Waals surface area contributed by atoms with Crippen molar-refractivity contribution >= 4 is 35.0 Å². The van der Waals surface area contributed by atoms with Gasteiger partial charge in [0.25, 0.3) is 0 Å². The van der Waals surface area contributed by atoms with Crippen molar-refractivity contribution in [3.63, 3.8) is 0 Å². The molecule has 132 valence electrons. The molecule has 0 N–H and O–H groups in total. The minimum atomic E-state index is -0.228. The van der Waals surface area contributed by atoms with Gasteiger partial charge in [0.1, 0.15) is 5.82 Å². The molecule has 1 amide bonds. The molecule has 0 unspecified atom stereocenters. The molecule has 0 aliphatic carbocycles. The van der Waals surface area contributed by atoms with Crippen LogP contribution in [-0.2, 0) is 10.5 Å². The Bertz CT molecular complexity index is 718. The zero-order valence-electron chi connectivity index (χ0n) is 13.8. The molecule has 1 aliphatic rings. The zero-order chi connectivity index (χ0) is 17.6. The van der Waals surface area contributed by atoms with E-state index in [1.807, 2.05) is 29.2 Å². The van der Waals surface area contributed by atoms with Gasteiger partial charge in [-0.05, 0) is 42.0 Å². The summed E-state index contributed by atoms with van der Waals surface area (Å²) in [6.45, 7) is 2.95. The third kappa shape index (κ3) is 5.13. The maximum Gasteiger partial charge on any atom is 0.232 e. The van der Waals surface area contributed by atoms with E-state index in [2.05, 4.69) is 4.90 Å². The van der Waals surface area contributed by atoms with Crippen LogP contribution in [-0.4, -0.2) is 42.7 Å². The lowest BCUT2D eigenvalue weighted by molar-refractivity contribution is -0.128. The molecule has 0 radical (unpaired) electrons. The van der Waals surface area contributed by atoms with Gasteiger partial charge in [-0.25, -0.2) is 4.39 Å². The summed E-state index contributed by atoms with van der Waals surface area (Å²) < 4.78 is 13.0. The second-order valence-corrected chi connectivity index (χ2v) is 7.39. The summed E-state index contributed by atoms with van der Waals surface area (Å²) in [5, 5.41) is 0.723. The van der Waals surface area contributed by atoms with E-state index >= 15 is 0 Å². The Morgan fingerprint density at radius 3 is 2.48 bits per heavy atom. The number of amides is 1. The molecule has 1 heterocycles. The van der Waals surface area contributed by atoms with E-state index in [4.69, 9.17) is 11.6 Å². The number of hydrogen-bond acceptors (Lipinski definition) is 3. The highest BCUT2D eigenvalue weighted by Gasteiger charge is 2.21. The summed E-state index contributed by atoms with van der Waals surface area (Å²) in [5.74, 6) is 1.20. The largest absolute Gasteiger partial charge is 0.368 e. The van der Waals surface area contributed by atoms with Crippen LogP contribution in [0, 0.1) is 5.82 Å². The molecule has 3 rings (SSSR count). The third-order valence-corrected chi connectivity index (χ3v) is 5.43. The van der Waals surface area contributed by atoms with Gasteiger partial charge in [-0.1, -0.05) is 23.7 Å². The summed E-state index contributed by atoms with van der Waals surface area (Å²) in [4.78, 5) is 16.4. The second-order valence-electron chi connectivity index (χ2n) is 5.97. The molecule has 25 heavy (non-hydrogen) atoms. The van der Waals surface area contributed by atoms with Crippen molar-refractivity contribution in [2.24, 2.45) is 0 Å². The van der Waals surface area contributed by atoms with E-state index in [1.54, 1.807) is 23.9 Å². The van der Waals surface area contributed by atoms with Crippen molar-refractivity contribution in [3.8, 4) is 0 Å². The molecule has 1 aliphatic heterocycles. The van der Waals surface area contributed by atoms with Crippen LogP contribution in [0.5, 0.6) is 0 Å². The van der Waals surface area contributed by atoms with Crippen molar-refractivity contribution in [3.05, 3.63) is 64.9 Å². The van der Waals surface area contributed by atoms with Crippen molar-refractivity contribution in [2.45, 2.75) is 5.75 Å². The first-order valence-electron chi connectivity index (χ1n) is 8.22. The van der Waals surface area contributed by atoms with Crippen molar-refractivity contribution in [1.29, 1.82) is 0 Å². The van der Waals surface area contributed by atoms with Crippen LogP contribution in [0.2, 0.25) is 5.02 Å². The molecule has 2 aromatic carbocycles. The van der Waals surface area contributed by atoms with Crippen LogP contribution >= 0.6 is 23.4 Å². The lowest BCUT2D eigenvalue weighted by atomic mass is 10.2. The van der Waals surface area contributed by atoms with Crippen LogP contribution in [0.15, 0.2) is 48.5 Å². The Morgan fingerprint density at radius 1 is 1.08 bits per heavy atom. The van der Waals surface area contributed by atoms with E-state index in [0.29, 0.717) is 18.8 Å². The Kier molecular flexibility index (Phi) is 6.21. The molecule has 2 aromatic rings. The first-order chi connectivity index (χ1) is 12.1. The predicted octanol–water partition coefficient (Wildman–Crippen LogP) is 4.06. The average molecular weight is 379 g/mol. The van der Waals surface area contributed by atoms with Gasteiger partial charge in [0, 0.05) is 42.6 Å². The highest BCUT2D eigenvalue weighted by Crippen LogP contribution is 2.19. The minimum absolute atomic E-state index is 0.172. The van der Waals surface area contributed by atoms with E-state index in [0.717, 1.165) is 35.1 Å². The maximum absolute atomic E-state index is 13.0. The van der Waals surface area contributed by atoms with E-state index in [-0.39, 0.29) is 11.7 Å². The number of piperazine rings is 1. The monoisotopic (exact) mass is 378 g/mol. The van der Waals surface area contributed by atoms with Gasteiger partial charge >= 0.3 is 0 Å². The average Bonchev–Trinajstić information content (AvgIpc) is 2.62. The molecule has 0 saturated carbocycles. The second kappa shape index (κ2) is 8.59. The molecule has 0 spiro atoms. The molecule has 0 bridgehead atoms. The molecule has 1 saturated heterocycles. The Balaban J connectivity index is 1.43. The lowest BCUT2D eigenvalue weighted by Gasteiger charge is -2.36. The third-order valence-electron chi connectivity index (χ3n) is 4.21. The highest BCUT2D eigenvalue weighted by atomic mass is 35.5. The maximum atomic E-state index is 13.0. The number of thioether (sulfide) groups is 1. The minimum Gasteiger partial charge on any atom is -0.368 e. The van der Waals surface area contributed by atoms with Crippen LogP contribution in [0.3, 0.4) is 0 Å². The van der Waals surface area contributed by atoms with Gasteiger partial charge in [-0.2, -0.15) is 0 Å². The fourth-order valence-corrected chi connectivity index (χ4v) is 3.93. The summed E-state index contributed by atoms with van der Waals surface area (Å²) in [5.41, 5.74) is 2.13. The fraction of sp³-hybridized carbons (Fsp3) is 0.316. The summed E-state index contributed by atoms with van der Waals surface area (Å²) in [6.07, 6.45) is 0. The molecular formula is C19H20ClFN2OS. The zero-order valence-corrected chi connectivity index (χ0v) is 15.4. The molecule has 0 atom stereocenters. The topological polar surface area (TPSA) is 23.6 Å². The Labute approximate surface area is 156 Å². The smallest absolute Gasteiger partial charge is 0.232 e. The SMILES string of the molecule is O=C(CSCc1cccc(Cl)c1)N1CCN(c2ccc(F)cc2)CC1. The number of hydrogen-bond donors (Lipinski definition) is 0. The standard InChI is InChI=1S/C19H20ClFN2OS/c20-16-3-1-2-15(12-16)13-25-14-19(24)23-10-8-22(9-11-23)18-6-4-17(21)5-7-18/h1-7,12H,8-11,13-14H2. The van der Waals surface area contributed by atoms with Crippen molar-refractivity contribution in [2.75, 3.05) is 36.8 Å². The van der Waals surface area contributed by atoms with Crippen molar-refractivity contribution in [1.82, 2.24) is 4.90 Å². The number of rotatable bonds is 5. The number of anilines is 1. The van der Waals surface area contributed by atoms with Gasteiger partial charge in [0.2, 0.25) is 5.91 Å². The Morgan fingerprint density at radius 2 is 1.80 bits per heavy atom. The quantitative estimate of drug-likeness (QED) is 0.783. The Hall–Kier alpha value is -1.72. The van der Waals surface area contributed by atoms with Crippen LogP contribution in [0.25, 0.3) is 0 Å². The first-order valence-corrected chi connectivity index (χ1v) is 9.75. The lowest BCUT2D eigenvalue weighted by Crippen LogP contribution is -2.49. The summed E-state index contributed by atoms with van der Waals surface area (Å²) in [7, 11) is 0. The van der Waals surface area contributed by atoms with Crippen LogP contribution in [0.1, 0.15) is 5.56 Å². The molecule has 1 fully saturated rings. The van der Waals surface area contributed by atoms with Crippen molar-refractivity contribution < 1.29 is 9.18 Å². The summed E-state index contributed by atoms with van der Waals surface area (Å²) >= 11 is 7.58. The van der Waals surface area contributed by atoms with Gasteiger partial charge in [0.05, 0.1) is 5.75 Å². The number of nitrogens with zero attached hydrogens (tertiary/aromatic N) is 2. The molecular weight excluding hydrogens is 359 g/mol. The first kappa shape index (κ1) is 18.1. The van der Waals surface area contributed by atoms with Crippen LogP contribution < -0.4 is 4.90 Å². The van der Waals surface area contributed by atoms with Gasteiger partial charge in [-0.15, -0.1) is 11.8 Å². The number of benzene rings is 2. The number of carbonyl (C=O) groups is 1. The van der Waals surface area contributed by atoms with Gasteiger partial charge in [-0.3, -0.25) is 4.79 Å². The van der Waals surface area contributed by atoms with E-state index < -0.39 is 0 Å². The van der Waals surface area contributed by atoms with E-state index in [1.165, 1.54) is 12.1 Å². The molecule has 0 aromatic heterocycles. The number of halogens is 2. The van der Waals surface area contributed by atoms with Gasteiger partial charge < -0.3 is 9.80 Å². The number of carbonyl (C=O) groups excluding carboxylic acids is 1. The normalized spacial score (nSPS) is 14.6. The molecule has 3 nitrogen and oxygen atoms in total. The predicted molar refractivity (Wildman–Crippen MR) is 103 cm³/mol. The fourth-order valence-electron chi connectivity index (χ4n) is 2.84. The summed E-state index contributed by atoms with van der Waals surface area (Å²) in [6, 6.07) is 14.2. The molecule has 6 heteroatoms.